The number of amides is 1. The zero-order valence-corrected chi connectivity index (χ0v) is 14.5. The first-order valence-corrected chi connectivity index (χ1v) is 8.60. The Labute approximate surface area is 150 Å². The summed E-state index contributed by atoms with van der Waals surface area (Å²) in [6, 6.07) is 7.18. The van der Waals surface area contributed by atoms with Gasteiger partial charge < -0.3 is 5.32 Å². The molecule has 1 aromatic carbocycles. The van der Waals surface area contributed by atoms with Crippen LogP contribution < -0.4 is 10.6 Å². The fourth-order valence-corrected chi connectivity index (χ4v) is 3.08. The predicted octanol–water partition coefficient (Wildman–Crippen LogP) is 1.12. The van der Waals surface area contributed by atoms with Crippen molar-refractivity contribution in [3.05, 3.63) is 48.0 Å². The molecule has 4 rings (SSSR count). The van der Waals surface area contributed by atoms with E-state index in [1.807, 2.05) is 12.1 Å². The van der Waals surface area contributed by atoms with Gasteiger partial charge in [-0.3, -0.25) is 10.1 Å². The molecule has 0 radical (unpaired) electrons. The van der Waals surface area contributed by atoms with E-state index in [1.165, 1.54) is 0 Å². The highest BCUT2D eigenvalue weighted by atomic mass is 16.1. The number of piperidine rings is 1. The zero-order valence-electron chi connectivity index (χ0n) is 14.5. The van der Waals surface area contributed by atoms with Crippen molar-refractivity contribution >= 4 is 11.9 Å². The van der Waals surface area contributed by atoms with E-state index < -0.39 is 0 Å². The molecular formula is C17H20N8O. The van der Waals surface area contributed by atoms with Crippen LogP contribution in [0.3, 0.4) is 0 Å². The highest BCUT2D eigenvalue weighted by molar-refractivity contribution is 6.03. The second-order valence-corrected chi connectivity index (χ2v) is 6.29. The van der Waals surface area contributed by atoms with Gasteiger partial charge in [0, 0.05) is 18.5 Å². The second-order valence-electron chi connectivity index (χ2n) is 6.29. The molecule has 9 heteroatoms. The van der Waals surface area contributed by atoms with E-state index in [1.54, 1.807) is 40.9 Å². The van der Waals surface area contributed by atoms with E-state index in [-0.39, 0.29) is 5.91 Å². The summed E-state index contributed by atoms with van der Waals surface area (Å²) in [5.74, 6) is 1.35. The molecule has 1 saturated heterocycles. The van der Waals surface area contributed by atoms with E-state index in [0.717, 1.165) is 37.4 Å². The number of hydrogen-bond acceptors (Lipinski definition) is 6. The van der Waals surface area contributed by atoms with Crippen LogP contribution in [0.25, 0.3) is 5.69 Å². The van der Waals surface area contributed by atoms with E-state index in [9.17, 15) is 4.79 Å². The van der Waals surface area contributed by atoms with Gasteiger partial charge in [-0.15, -0.1) is 5.10 Å². The lowest BCUT2D eigenvalue weighted by molar-refractivity contribution is 0.102. The third-order valence-corrected chi connectivity index (χ3v) is 4.50. The standard InChI is InChI=1S/C17H20N8O/c1-24-17(20-15(22-24)12-5-7-18-8-6-12)21-16(26)13-3-2-4-14(11-13)25-10-9-19-23-25/h2-4,9-12,18H,5-8H2,1H3,(H,20,21,22,26). The van der Waals surface area contributed by atoms with Crippen molar-refractivity contribution in [3.8, 4) is 5.69 Å². The Morgan fingerprint density at radius 1 is 1.31 bits per heavy atom. The molecule has 1 aliphatic heterocycles. The number of carbonyl (C=O) groups excluding carboxylic acids is 1. The van der Waals surface area contributed by atoms with E-state index in [0.29, 0.717) is 17.4 Å². The van der Waals surface area contributed by atoms with Gasteiger partial charge in [-0.1, -0.05) is 11.3 Å². The molecular weight excluding hydrogens is 332 g/mol. The first-order chi connectivity index (χ1) is 12.7. The number of hydrogen-bond donors (Lipinski definition) is 2. The molecule has 3 heterocycles. The van der Waals surface area contributed by atoms with Crippen LogP contribution in [0.4, 0.5) is 5.95 Å². The van der Waals surface area contributed by atoms with Crippen molar-refractivity contribution in [2.75, 3.05) is 18.4 Å². The molecule has 26 heavy (non-hydrogen) atoms. The first kappa shape index (κ1) is 16.4. The summed E-state index contributed by atoms with van der Waals surface area (Å²) in [7, 11) is 1.79. The van der Waals surface area contributed by atoms with Crippen molar-refractivity contribution in [1.82, 2.24) is 35.1 Å². The van der Waals surface area contributed by atoms with Crippen LogP contribution in [0, 0.1) is 0 Å². The lowest BCUT2D eigenvalue weighted by Gasteiger charge is -2.19. The Bertz CT molecular complexity index is 895. The van der Waals surface area contributed by atoms with Gasteiger partial charge in [-0.05, 0) is 44.1 Å². The minimum Gasteiger partial charge on any atom is -0.317 e. The van der Waals surface area contributed by atoms with Gasteiger partial charge in [-0.2, -0.15) is 10.1 Å². The third-order valence-electron chi connectivity index (χ3n) is 4.50. The Kier molecular flexibility index (Phi) is 4.44. The van der Waals surface area contributed by atoms with Crippen LogP contribution in [-0.2, 0) is 7.05 Å². The van der Waals surface area contributed by atoms with Gasteiger partial charge in [0.1, 0.15) is 0 Å². The van der Waals surface area contributed by atoms with Gasteiger partial charge in [0.25, 0.3) is 5.91 Å². The molecule has 1 fully saturated rings. The summed E-state index contributed by atoms with van der Waals surface area (Å²) < 4.78 is 3.23. The SMILES string of the molecule is Cn1nc(C2CCNCC2)nc1NC(=O)c1cccc(-n2ccnn2)c1. The highest BCUT2D eigenvalue weighted by Crippen LogP contribution is 2.23. The lowest BCUT2D eigenvalue weighted by atomic mass is 9.98. The van der Waals surface area contributed by atoms with E-state index in [4.69, 9.17) is 0 Å². The largest absolute Gasteiger partial charge is 0.317 e. The van der Waals surface area contributed by atoms with Crippen molar-refractivity contribution in [1.29, 1.82) is 0 Å². The molecule has 0 saturated carbocycles. The summed E-state index contributed by atoms with van der Waals surface area (Å²) in [5, 5.41) is 18.4. The monoisotopic (exact) mass is 352 g/mol. The maximum Gasteiger partial charge on any atom is 0.258 e. The number of rotatable bonds is 4. The van der Waals surface area contributed by atoms with Crippen LogP contribution >= 0.6 is 0 Å². The van der Waals surface area contributed by atoms with Gasteiger partial charge in [0.2, 0.25) is 5.95 Å². The maximum atomic E-state index is 12.6. The number of nitrogens with zero attached hydrogens (tertiary/aromatic N) is 6. The Morgan fingerprint density at radius 2 is 2.15 bits per heavy atom. The minimum atomic E-state index is -0.237. The van der Waals surface area contributed by atoms with Crippen LogP contribution in [0.2, 0.25) is 0 Å². The molecule has 2 aromatic heterocycles. The predicted molar refractivity (Wildman–Crippen MR) is 95.2 cm³/mol. The summed E-state index contributed by atoms with van der Waals surface area (Å²) in [4.78, 5) is 17.2. The van der Waals surface area contributed by atoms with Crippen LogP contribution in [0.1, 0.15) is 34.9 Å². The number of aromatic nitrogens is 6. The van der Waals surface area contributed by atoms with Crippen LogP contribution in [-0.4, -0.2) is 48.8 Å². The number of anilines is 1. The number of carbonyl (C=O) groups is 1. The van der Waals surface area contributed by atoms with E-state index in [2.05, 4.69) is 31.0 Å². The summed E-state index contributed by atoms with van der Waals surface area (Å²) in [5.41, 5.74) is 1.29. The Morgan fingerprint density at radius 3 is 2.92 bits per heavy atom. The van der Waals surface area contributed by atoms with Gasteiger partial charge in [-0.25, -0.2) is 9.36 Å². The average molecular weight is 352 g/mol. The molecule has 1 amide bonds. The normalized spacial score (nSPS) is 15.1. The molecule has 0 bridgehead atoms. The topological polar surface area (TPSA) is 103 Å². The molecule has 9 nitrogen and oxygen atoms in total. The molecule has 0 aliphatic carbocycles. The summed E-state index contributed by atoms with van der Waals surface area (Å²) in [6.07, 6.45) is 5.34. The molecule has 0 atom stereocenters. The van der Waals surface area contributed by atoms with Crippen molar-refractivity contribution in [2.45, 2.75) is 18.8 Å². The molecule has 0 spiro atoms. The van der Waals surface area contributed by atoms with Crippen molar-refractivity contribution < 1.29 is 4.79 Å². The number of aryl methyl sites for hydroxylation is 1. The molecule has 134 valence electrons. The quantitative estimate of drug-likeness (QED) is 0.729. The molecule has 0 unspecified atom stereocenters. The van der Waals surface area contributed by atoms with Crippen LogP contribution in [0.15, 0.2) is 36.7 Å². The molecule has 3 aromatic rings. The van der Waals surface area contributed by atoms with Crippen molar-refractivity contribution in [2.24, 2.45) is 7.05 Å². The second kappa shape index (κ2) is 7.04. The molecule has 1 aliphatic rings. The Balaban J connectivity index is 1.51. The number of nitrogens with one attached hydrogen (secondary N) is 2. The van der Waals surface area contributed by atoms with Crippen molar-refractivity contribution in [3.63, 3.8) is 0 Å². The summed E-state index contributed by atoms with van der Waals surface area (Å²) in [6.45, 7) is 1.94. The van der Waals surface area contributed by atoms with Gasteiger partial charge >= 0.3 is 0 Å². The minimum absolute atomic E-state index is 0.237. The van der Waals surface area contributed by atoms with Crippen LogP contribution in [0.5, 0.6) is 0 Å². The fraction of sp³-hybridized carbons (Fsp3) is 0.353. The fourth-order valence-electron chi connectivity index (χ4n) is 3.08. The summed E-state index contributed by atoms with van der Waals surface area (Å²) >= 11 is 0. The first-order valence-electron chi connectivity index (χ1n) is 8.60. The molecule has 2 N–H and O–H groups in total. The van der Waals surface area contributed by atoms with E-state index >= 15 is 0 Å². The number of benzene rings is 1. The zero-order chi connectivity index (χ0) is 17.9. The third kappa shape index (κ3) is 3.33. The smallest absolute Gasteiger partial charge is 0.258 e. The van der Waals surface area contributed by atoms with Gasteiger partial charge in [0.15, 0.2) is 5.82 Å². The lowest BCUT2D eigenvalue weighted by Crippen LogP contribution is -2.27. The average Bonchev–Trinajstić information content (AvgIpc) is 3.33. The Hall–Kier alpha value is -3.07. The maximum absolute atomic E-state index is 12.6. The van der Waals surface area contributed by atoms with Gasteiger partial charge in [0.05, 0.1) is 18.1 Å². The highest BCUT2D eigenvalue weighted by Gasteiger charge is 2.21.